The second-order valence-corrected chi connectivity index (χ2v) is 7.89. The molecule has 2 N–H and O–H groups in total. The molecular weight excluding hydrogens is 388 g/mol. The molecule has 0 radical (unpaired) electrons. The van der Waals surface area contributed by atoms with Gasteiger partial charge in [0, 0.05) is 42.5 Å². The Balaban J connectivity index is 1.34. The lowest BCUT2D eigenvalue weighted by Crippen LogP contribution is -2.36. The van der Waals surface area contributed by atoms with Crippen molar-refractivity contribution in [3.05, 3.63) is 64.7 Å². The standard InChI is InChI=1S/C20H20N6O2S/c1-13-2-4-14(5-3-13)23-18(27)12-26-9-6-15-17(11-26)29-20(24-15)25-19(28)16-10-21-7-8-22-16/h2-5,7-8,10H,6,9,11-12H2,1H3,(H,23,27)(H,24,25,28). The van der Waals surface area contributed by atoms with E-state index in [1.54, 1.807) is 0 Å². The Morgan fingerprint density at radius 2 is 2.00 bits per heavy atom. The van der Waals surface area contributed by atoms with Gasteiger partial charge in [-0.1, -0.05) is 17.7 Å². The van der Waals surface area contributed by atoms with Crippen LogP contribution in [0.15, 0.2) is 42.9 Å². The van der Waals surface area contributed by atoms with E-state index in [4.69, 9.17) is 0 Å². The number of hydrogen-bond acceptors (Lipinski definition) is 7. The zero-order chi connectivity index (χ0) is 20.2. The number of benzene rings is 1. The lowest BCUT2D eigenvalue weighted by molar-refractivity contribution is -0.117. The Bertz CT molecular complexity index is 1020. The first-order valence-corrected chi connectivity index (χ1v) is 10.0. The van der Waals surface area contributed by atoms with Crippen LogP contribution in [0.3, 0.4) is 0 Å². The topological polar surface area (TPSA) is 100 Å². The summed E-state index contributed by atoms with van der Waals surface area (Å²) in [5, 5.41) is 6.24. The summed E-state index contributed by atoms with van der Waals surface area (Å²) in [6.07, 6.45) is 5.14. The largest absolute Gasteiger partial charge is 0.325 e. The maximum absolute atomic E-state index is 12.4. The van der Waals surface area contributed by atoms with Gasteiger partial charge >= 0.3 is 0 Å². The van der Waals surface area contributed by atoms with Crippen molar-refractivity contribution < 1.29 is 9.59 Å². The highest BCUT2D eigenvalue weighted by atomic mass is 32.1. The summed E-state index contributed by atoms with van der Waals surface area (Å²) >= 11 is 1.43. The van der Waals surface area contributed by atoms with Crippen LogP contribution >= 0.6 is 11.3 Å². The van der Waals surface area contributed by atoms with Gasteiger partial charge < -0.3 is 5.32 Å². The van der Waals surface area contributed by atoms with Gasteiger partial charge in [0.05, 0.1) is 18.4 Å². The molecule has 0 saturated heterocycles. The Morgan fingerprint density at radius 3 is 2.76 bits per heavy atom. The number of thiazole rings is 1. The van der Waals surface area contributed by atoms with Crippen LogP contribution < -0.4 is 10.6 Å². The number of fused-ring (bicyclic) bond motifs is 1. The predicted molar refractivity (Wildman–Crippen MR) is 111 cm³/mol. The molecule has 1 aliphatic rings. The summed E-state index contributed by atoms with van der Waals surface area (Å²) in [5.74, 6) is -0.378. The van der Waals surface area contributed by atoms with Crippen LogP contribution in [0.25, 0.3) is 0 Å². The van der Waals surface area contributed by atoms with E-state index in [-0.39, 0.29) is 17.5 Å². The molecule has 0 bridgehead atoms. The SMILES string of the molecule is Cc1ccc(NC(=O)CN2CCc3nc(NC(=O)c4cnccn4)sc3C2)cc1. The number of hydrogen-bond donors (Lipinski definition) is 2. The summed E-state index contributed by atoms with van der Waals surface area (Å²) in [4.78, 5) is 40.1. The average molecular weight is 408 g/mol. The van der Waals surface area contributed by atoms with E-state index >= 15 is 0 Å². The second-order valence-electron chi connectivity index (χ2n) is 6.81. The van der Waals surface area contributed by atoms with E-state index in [2.05, 4.69) is 30.5 Å². The molecule has 8 nitrogen and oxygen atoms in total. The van der Waals surface area contributed by atoms with Crippen molar-refractivity contribution in [3.63, 3.8) is 0 Å². The zero-order valence-corrected chi connectivity index (χ0v) is 16.7. The fourth-order valence-electron chi connectivity index (χ4n) is 3.05. The number of nitrogens with one attached hydrogen (secondary N) is 2. The van der Waals surface area contributed by atoms with Crippen LogP contribution in [0.1, 0.15) is 26.6 Å². The van der Waals surface area contributed by atoms with E-state index in [9.17, 15) is 9.59 Å². The van der Waals surface area contributed by atoms with Gasteiger partial charge in [0.2, 0.25) is 5.91 Å². The van der Waals surface area contributed by atoms with Crippen molar-refractivity contribution in [2.45, 2.75) is 19.9 Å². The summed E-state index contributed by atoms with van der Waals surface area (Å²) in [6.45, 7) is 3.70. The molecule has 1 aromatic carbocycles. The van der Waals surface area contributed by atoms with Crippen molar-refractivity contribution in [2.75, 3.05) is 23.7 Å². The first kappa shape index (κ1) is 19.2. The third-order valence-corrected chi connectivity index (χ3v) is 5.53. The number of carbonyl (C=O) groups is 2. The lowest BCUT2D eigenvalue weighted by Gasteiger charge is -2.25. The van der Waals surface area contributed by atoms with Crippen LogP contribution in [-0.4, -0.2) is 44.8 Å². The fourth-order valence-corrected chi connectivity index (χ4v) is 4.10. The summed E-state index contributed by atoms with van der Waals surface area (Å²) in [7, 11) is 0. The number of aryl methyl sites for hydroxylation is 1. The third-order valence-electron chi connectivity index (χ3n) is 4.53. The van der Waals surface area contributed by atoms with Crippen molar-refractivity contribution in [1.29, 1.82) is 0 Å². The number of rotatable bonds is 5. The second kappa shape index (κ2) is 8.46. The Labute approximate surface area is 172 Å². The third kappa shape index (κ3) is 4.82. The molecule has 0 aliphatic carbocycles. The fraction of sp³-hybridized carbons (Fsp3) is 0.250. The molecule has 148 valence electrons. The van der Waals surface area contributed by atoms with Crippen LogP contribution in [0.5, 0.6) is 0 Å². The monoisotopic (exact) mass is 408 g/mol. The van der Waals surface area contributed by atoms with Gasteiger partial charge in [-0.2, -0.15) is 0 Å². The molecule has 4 rings (SSSR count). The molecule has 0 fully saturated rings. The summed E-state index contributed by atoms with van der Waals surface area (Å²) in [5.41, 5.74) is 3.17. The van der Waals surface area contributed by atoms with Gasteiger partial charge in [-0.25, -0.2) is 9.97 Å². The molecule has 2 aromatic heterocycles. The average Bonchev–Trinajstić information content (AvgIpc) is 3.12. The lowest BCUT2D eigenvalue weighted by atomic mass is 10.2. The molecule has 0 atom stereocenters. The van der Waals surface area contributed by atoms with Gasteiger partial charge in [-0.05, 0) is 19.1 Å². The molecule has 3 aromatic rings. The molecule has 3 heterocycles. The van der Waals surface area contributed by atoms with Crippen LogP contribution in [0, 0.1) is 6.92 Å². The minimum absolute atomic E-state index is 0.0435. The number of aromatic nitrogens is 3. The van der Waals surface area contributed by atoms with Crippen molar-refractivity contribution in [1.82, 2.24) is 19.9 Å². The van der Waals surface area contributed by atoms with Crippen molar-refractivity contribution in [3.8, 4) is 0 Å². The molecule has 0 unspecified atom stereocenters. The van der Waals surface area contributed by atoms with E-state index in [1.165, 1.54) is 29.9 Å². The normalized spacial score (nSPS) is 13.6. The van der Waals surface area contributed by atoms with Gasteiger partial charge in [-0.15, -0.1) is 11.3 Å². The highest BCUT2D eigenvalue weighted by Gasteiger charge is 2.23. The maximum atomic E-state index is 12.4. The maximum Gasteiger partial charge on any atom is 0.277 e. The number of anilines is 2. The Hall–Kier alpha value is -3.17. The number of amides is 2. The van der Waals surface area contributed by atoms with Crippen LogP contribution in [0.2, 0.25) is 0 Å². The quantitative estimate of drug-likeness (QED) is 0.673. The minimum atomic E-state index is -0.335. The van der Waals surface area contributed by atoms with E-state index in [0.717, 1.165) is 34.8 Å². The molecule has 2 amide bonds. The minimum Gasteiger partial charge on any atom is -0.325 e. The molecule has 29 heavy (non-hydrogen) atoms. The first-order chi connectivity index (χ1) is 14.1. The van der Waals surface area contributed by atoms with Gasteiger partial charge in [-0.3, -0.25) is 24.8 Å². The van der Waals surface area contributed by atoms with Gasteiger partial charge in [0.15, 0.2) is 5.13 Å². The Kier molecular flexibility index (Phi) is 5.59. The highest BCUT2D eigenvalue weighted by molar-refractivity contribution is 7.15. The molecular formula is C20H20N6O2S. The van der Waals surface area contributed by atoms with E-state index in [1.807, 2.05) is 31.2 Å². The Morgan fingerprint density at radius 1 is 1.17 bits per heavy atom. The van der Waals surface area contributed by atoms with Crippen LogP contribution in [-0.2, 0) is 17.8 Å². The van der Waals surface area contributed by atoms with E-state index in [0.29, 0.717) is 18.2 Å². The van der Waals surface area contributed by atoms with Crippen LogP contribution in [0.4, 0.5) is 10.8 Å². The first-order valence-electron chi connectivity index (χ1n) is 9.21. The zero-order valence-electron chi connectivity index (χ0n) is 15.9. The molecule has 1 aliphatic heterocycles. The van der Waals surface area contributed by atoms with Gasteiger partial charge in [0.25, 0.3) is 5.91 Å². The predicted octanol–water partition coefficient (Wildman–Crippen LogP) is 2.49. The molecule has 9 heteroatoms. The van der Waals surface area contributed by atoms with Crippen molar-refractivity contribution >= 4 is 34.0 Å². The van der Waals surface area contributed by atoms with E-state index < -0.39 is 0 Å². The highest BCUT2D eigenvalue weighted by Crippen LogP contribution is 2.28. The summed E-state index contributed by atoms with van der Waals surface area (Å²) in [6, 6.07) is 7.74. The molecule has 0 saturated carbocycles. The van der Waals surface area contributed by atoms with Crippen molar-refractivity contribution in [2.24, 2.45) is 0 Å². The molecule has 0 spiro atoms. The van der Waals surface area contributed by atoms with Gasteiger partial charge in [0.1, 0.15) is 5.69 Å². The number of nitrogens with zero attached hydrogens (tertiary/aromatic N) is 4. The number of carbonyl (C=O) groups excluding carboxylic acids is 2. The summed E-state index contributed by atoms with van der Waals surface area (Å²) < 4.78 is 0. The smallest absolute Gasteiger partial charge is 0.277 e.